The summed E-state index contributed by atoms with van der Waals surface area (Å²) in [4.78, 5) is 4.19. The molecule has 2 aromatic rings. The quantitative estimate of drug-likeness (QED) is 0.697. The summed E-state index contributed by atoms with van der Waals surface area (Å²) in [6.07, 6.45) is 3.67. The molecule has 0 atom stereocenters. The van der Waals surface area contributed by atoms with Gasteiger partial charge in [-0.2, -0.15) is 0 Å². The van der Waals surface area contributed by atoms with Crippen molar-refractivity contribution in [2.75, 3.05) is 0 Å². The fraction of sp³-hybridized carbons (Fsp3) is 0.125. The third-order valence-electron chi connectivity index (χ3n) is 1.74. The van der Waals surface area contributed by atoms with Crippen LogP contribution < -0.4 is 0 Å². The zero-order valence-corrected chi connectivity index (χ0v) is 8.72. The molecular formula is C8H6BrClN2. The van der Waals surface area contributed by atoms with Crippen LogP contribution in [0, 0.1) is 6.92 Å². The fourth-order valence-electron chi connectivity index (χ4n) is 1.10. The van der Waals surface area contributed by atoms with Crippen LogP contribution in [0.1, 0.15) is 5.69 Å². The number of hydrogen-bond donors (Lipinski definition) is 0. The Balaban J connectivity index is 2.87. The number of aromatic nitrogens is 2. The van der Waals surface area contributed by atoms with Gasteiger partial charge in [-0.3, -0.25) is 0 Å². The van der Waals surface area contributed by atoms with Crippen molar-refractivity contribution >= 4 is 33.2 Å². The number of aryl methyl sites for hydroxylation is 1. The molecule has 2 heterocycles. The first kappa shape index (κ1) is 8.08. The lowest BCUT2D eigenvalue weighted by atomic mass is 10.4. The maximum Gasteiger partial charge on any atom is 0.138 e. The van der Waals surface area contributed by atoms with Gasteiger partial charge in [-0.25, -0.2) is 4.98 Å². The van der Waals surface area contributed by atoms with Gasteiger partial charge < -0.3 is 4.40 Å². The molecule has 2 aromatic heterocycles. The summed E-state index contributed by atoms with van der Waals surface area (Å²) < 4.78 is 2.83. The highest BCUT2D eigenvalue weighted by atomic mass is 79.9. The first-order valence-electron chi connectivity index (χ1n) is 3.47. The van der Waals surface area contributed by atoms with Gasteiger partial charge in [0.1, 0.15) is 5.65 Å². The van der Waals surface area contributed by atoms with Gasteiger partial charge in [0.25, 0.3) is 0 Å². The van der Waals surface area contributed by atoms with E-state index < -0.39 is 0 Å². The molecule has 0 aliphatic heterocycles. The lowest BCUT2D eigenvalue weighted by Gasteiger charge is -1.98. The van der Waals surface area contributed by atoms with Crippen molar-refractivity contribution in [3.8, 4) is 0 Å². The number of rotatable bonds is 0. The predicted molar refractivity (Wildman–Crippen MR) is 52.6 cm³/mol. The highest BCUT2D eigenvalue weighted by Crippen LogP contribution is 2.23. The number of pyridine rings is 1. The molecule has 0 unspecified atom stereocenters. The van der Waals surface area contributed by atoms with Gasteiger partial charge in [-0.15, -0.1) is 0 Å². The molecule has 2 nitrogen and oxygen atoms in total. The minimum Gasteiger partial charge on any atom is -0.303 e. The van der Waals surface area contributed by atoms with Crippen LogP contribution in [0.15, 0.2) is 22.9 Å². The van der Waals surface area contributed by atoms with Gasteiger partial charge in [0.15, 0.2) is 0 Å². The van der Waals surface area contributed by atoms with E-state index in [0.717, 1.165) is 15.8 Å². The van der Waals surface area contributed by atoms with Crippen molar-refractivity contribution in [3.63, 3.8) is 0 Å². The van der Waals surface area contributed by atoms with Crippen LogP contribution in [0.4, 0.5) is 0 Å². The fourth-order valence-corrected chi connectivity index (χ4v) is 1.56. The largest absolute Gasteiger partial charge is 0.303 e. The number of imidazole rings is 1. The third-order valence-corrected chi connectivity index (χ3v) is 2.92. The van der Waals surface area contributed by atoms with E-state index in [9.17, 15) is 0 Å². The summed E-state index contributed by atoms with van der Waals surface area (Å²) in [5, 5.41) is 0.698. The molecule has 0 spiro atoms. The molecule has 0 N–H and O–H groups in total. The zero-order chi connectivity index (χ0) is 8.72. The minimum atomic E-state index is 0.698. The molecule has 12 heavy (non-hydrogen) atoms. The number of fused-ring (bicyclic) bond motifs is 1. The molecule has 4 heteroatoms. The molecular weight excluding hydrogens is 239 g/mol. The Bertz CT molecular complexity index is 436. The van der Waals surface area contributed by atoms with Gasteiger partial charge in [0, 0.05) is 22.6 Å². The summed E-state index contributed by atoms with van der Waals surface area (Å²) in [6, 6.07) is 1.90. The normalized spacial score (nSPS) is 10.9. The molecule has 2 rings (SSSR count). The first-order valence-corrected chi connectivity index (χ1v) is 4.64. The monoisotopic (exact) mass is 244 g/mol. The number of nitrogens with zero attached hydrogens (tertiary/aromatic N) is 2. The van der Waals surface area contributed by atoms with Crippen LogP contribution in [0.5, 0.6) is 0 Å². The molecule has 0 bridgehead atoms. The Hall–Kier alpha value is -0.540. The minimum absolute atomic E-state index is 0.698. The molecule has 0 aliphatic carbocycles. The van der Waals surface area contributed by atoms with Gasteiger partial charge in [0.05, 0.1) is 5.02 Å². The van der Waals surface area contributed by atoms with Gasteiger partial charge >= 0.3 is 0 Å². The van der Waals surface area contributed by atoms with Crippen LogP contribution >= 0.6 is 27.5 Å². The van der Waals surface area contributed by atoms with E-state index in [1.54, 1.807) is 0 Å². The molecule has 62 valence electrons. The first-order chi connectivity index (χ1) is 5.68. The smallest absolute Gasteiger partial charge is 0.138 e. The van der Waals surface area contributed by atoms with Crippen molar-refractivity contribution < 1.29 is 0 Å². The van der Waals surface area contributed by atoms with E-state index in [0.29, 0.717) is 5.02 Å². The summed E-state index contributed by atoms with van der Waals surface area (Å²) in [5.41, 5.74) is 1.99. The maximum atomic E-state index is 5.92. The maximum absolute atomic E-state index is 5.92. The molecule has 0 fully saturated rings. The van der Waals surface area contributed by atoms with Crippen LogP contribution in [0.3, 0.4) is 0 Å². The summed E-state index contributed by atoms with van der Waals surface area (Å²) in [5.74, 6) is 0. The standard InChI is InChI=1S/C8H6BrClN2/c1-5-3-11-8-2-6(9)7(10)4-12(5)8/h2-4H,1H3. The van der Waals surface area contributed by atoms with Crippen LogP contribution in [0.25, 0.3) is 5.65 Å². The van der Waals surface area contributed by atoms with Gasteiger partial charge in [-0.1, -0.05) is 11.6 Å². The van der Waals surface area contributed by atoms with E-state index in [4.69, 9.17) is 11.6 Å². The highest BCUT2D eigenvalue weighted by molar-refractivity contribution is 9.10. The van der Waals surface area contributed by atoms with Crippen LogP contribution in [0.2, 0.25) is 5.02 Å². The average molecular weight is 246 g/mol. The van der Waals surface area contributed by atoms with Crippen molar-refractivity contribution in [2.45, 2.75) is 6.92 Å². The van der Waals surface area contributed by atoms with Gasteiger partial charge in [-0.05, 0) is 28.9 Å². The predicted octanol–water partition coefficient (Wildman–Crippen LogP) is 3.06. The Labute approximate surface area is 83.3 Å². The molecule has 0 aromatic carbocycles. The van der Waals surface area contributed by atoms with Crippen molar-refractivity contribution in [3.05, 3.63) is 33.6 Å². The lowest BCUT2D eigenvalue weighted by Crippen LogP contribution is -1.86. The SMILES string of the molecule is Cc1cnc2cc(Br)c(Cl)cn12. The average Bonchev–Trinajstić information content (AvgIpc) is 2.35. The molecule has 0 saturated carbocycles. The molecule has 0 radical (unpaired) electrons. The highest BCUT2D eigenvalue weighted by Gasteiger charge is 2.02. The molecule has 0 saturated heterocycles. The van der Waals surface area contributed by atoms with E-state index in [2.05, 4.69) is 20.9 Å². The second-order valence-electron chi connectivity index (χ2n) is 2.60. The van der Waals surface area contributed by atoms with Crippen molar-refractivity contribution in [1.29, 1.82) is 0 Å². The molecule has 0 amide bonds. The second kappa shape index (κ2) is 2.75. The topological polar surface area (TPSA) is 17.3 Å². The van der Waals surface area contributed by atoms with Crippen LogP contribution in [-0.4, -0.2) is 9.38 Å². The van der Waals surface area contributed by atoms with E-state index in [1.165, 1.54) is 0 Å². The summed E-state index contributed by atoms with van der Waals surface area (Å²) in [6.45, 7) is 1.99. The Morgan fingerprint density at radius 3 is 3.08 bits per heavy atom. The Morgan fingerprint density at radius 2 is 2.33 bits per heavy atom. The summed E-state index contributed by atoms with van der Waals surface area (Å²) >= 11 is 9.26. The Morgan fingerprint density at radius 1 is 1.58 bits per heavy atom. The summed E-state index contributed by atoms with van der Waals surface area (Å²) in [7, 11) is 0. The third kappa shape index (κ3) is 1.13. The Kier molecular flexibility index (Phi) is 1.85. The van der Waals surface area contributed by atoms with E-state index >= 15 is 0 Å². The van der Waals surface area contributed by atoms with Gasteiger partial charge in [0.2, 0.25) is 0 Å². The number of halogens is 2. The molecule has 0 aliphatic rings. The van der Waals surface area contributed by atoms with Crippen LogP contribution in [-0.2, 0) is 0 Å². The zero-order valence-electron chi connectivity index (χ0n) is 6.38. The lowest BCUT2D eigenvalue weighted by molar-refractivity contribution is 1.11. The van der Waals surface area contributed by atoms with Crippen molar-refractivity contribution in [1.82, 2.24) is 9.38 Å². The van der Waals surface area contributed by atoms with E-state index in [-0.39, 0.29) is 0 Å². The van der Waals surface area contributed by atoms with Crippen molar-refractivity contribution in [2.24, 2.45) is 0 Å². The number of hydrogen-bond acceptors (Lipinski definition) is 1. The second-order valence-corrected chi connectivity index (χ2v) is 3.86. The van der Waals surface area contributed by atoms with E-state index in [1.807, 2.05) is 29.8 Å².